The van der Waals surface area contributed by atoms with E-state index in [1.165, 1.54) is 6.07 Å². The van der Waals surface area contributed by atoms with E-state index in [1.54, 1.807) is 0 Å². The molecule has 1 rings (SSSR count). The molecule has 0 aliphatic carbocycles. The quantitative estimate of drug-likeness (QED) is 0.160. The van der Waals surface area contributed by atoms with Gasteiger partial charge in [0.1, 0.15) is 0 Å². The molecule has 0 unspecified atom stereocenters. The van der Waals surface area contributed by atoms with Crippen LogP contribution in [0.1, 0.15) is 44.1 Å². The summed E-state index contributed by atoms with van der Waals surface area (Å²) < 4.78 is 191. The summed E-state index contributed by atoms with van der Waals surface area (Å²) in [6, 6.07) is 5.56. The minimum absolute atomic E-state index is 0.344. The first-order chi connectivity index (χ1) is 15.9. The third kappa shape index (κ3) is 9.04. The van der Waals surface area contributed by atoms with Crippen molar-refractivity contribution in [3.8, 4) is 0 Å². The molecule has 17 heteroatoms. The van der Waals surface area contributed by atoms with Gasteiger partial charge in [-0.15, -0.1) is 0 Å². The average Bonchev–Trinajstić information content (AvgIpc) is 2.69. The van der Waals surface area contributed by atoms with Crippen molar-refractivity contribution < 1.29 is 68.9 Å². The third-order valence-electron chi connectivity index (χ3n) is 5.01. The molecule has 1 aromatic carbocycles. The SMILES string of the molecule is FC(F)(F)CC[C](F)(F)[Sn]([O]Cc1ccccc1)([C](F)(F)CCC(F)(F)F)[C](F)(F)CCC(F)(F)F. The van der Waals surface area contributed by atoms with Crippen molar-refractivity contribution in [2.24, 2.45) is 0 Å². The summed E-state index contributed by atoms with van der Waals surface area (Å²) in [7, 11) is 0. The maximum absolute atomic E-state index is 15.2. The van der Waals surface area contributed by atoms with Crippen LogP contribution in [-0.2, 0) is 9.68 Å². The van der Waals surface area contributed by atoms with Crippen LogP contribution < -0.4 is 0 Å². The summed E-state index contributed by atoms with van der Waals surface area (Å²) >= 11 is -9.07. The molecular formula is C19H19F15OSn. The summed E-state index contributed by atoms with van der Waals surface area (Å²) in [6.45, 7) is -1.53. The third-order valence-corrected chi connectivity index (χ3v) is 17.6. The molecule has 0 radical (unpaired) electrons. The van der Waals surface area contributed by atoms with Crippen LogP contribution in [0.2, 0.25) is 0 Å². The predicted molar refractivity (Wildman–Crippen MR) is 97.7 cm³/mol. The first-order valence-electron chi connectivity index (χ1n) is 9.96. The summed E-state index contributed by atoms with van der Waals surface area (Å²) in [4.78, 5) is 0. The number of halogens is 15. The monoisotopic (exact) mass is 668 g/mol. The predicted octanol–water partition coefficient (Wildman–Crippen LogP) is 8.70. The van der Waals surface area contributed by atoms with Crippen molar-refractivity contribution >= 4 is 18.8 Å². The van der Waals surface area contributed by atoms with E-state index in [0.29, 0.717) is 0 Å². The molecule has 0 saturated heterocycles. The fraction of sp³-hybridized carbons (Fsp3) is 0.684. The van der Waals surface area contributed by atoms with Crippen LogP contribution in [0.3, 0.4) is 0 Å². The molecule has 0 spiro atoms. The van der Waals surface area contributed by atoms with E-state index < -0.39 is 94.3 Å². The van der Waals surface area contributed by atoms with Gasteiger partial charge in [-0.25, -0.2) is 0 Å². The molecule has 36 heavy (non-hydrogen) atoms. The topological polar surface area (TPSA) is 9.23 Å². The normalized spacial score (nSPS) is 14.9. The van der Waals surface area contributed by atoms with E-state index in [0.717, 1.165) is 24.3 Å². The van der Waals surface area contributed by atoms with E-state index >= 15 is 26.3 Å². The number of hydrogen-bond acceptors (Lipinski definition) is 1. The van der Waals surface area contributed by atoms with Gasteiger partial charge < -0.3 is 0 Å². The van der Waals surface area contributed by atoms with Crippen LogP contribution >= 0.6 is 0 Å². The first kappa shape index (κ1) is 33.0. The molecule has 0 aliphatic heterocycles. The molecule has 0 aliphatic rings. The van der Waals surface area contributed by atoms with Gasteiger partial charge in [0.05, 0.1) is 0 Å². The van der Waals surface area contributed by atoms with Gasteiger partial charge in [0.25, 0.3) is 0 Å². The van der Waals surface area contributed by atoms with Gasteiger partial charge in [-0.1, -0.05) is 0 Å². The Morgan fingerprint density at radius 2 is 0.778 bits per heavy atom. The van der Waals surface area contributed by atoms with Crippen LogP contribution in [0.4, 0.5) is 65.9 Å². The summed E-state index contributed by atoms with van der Waals surface area (Å²) in [5.41, 5.74) is -0.344. The van der Waals surface area contributed by atoms with E-state index in [2.05, 4.69) is 3.07 Å². The fourth-order valence-corrected chi connectivity index (χ4v) is 14.9. The number of hydrogen-bond donors (Lipinski definition) is 0. The Hall–Kier alpha value is -1.07. The van der Waals surface area contributed by atoms with E-state index in [4.69, 9.17) is 0 Å². The molecule has 0 amide bonds. The maximum atomic E-state index is 15.2. The Balaban J connectivity index is 3.75. The molecule has 210 valence electrons. The standard InChI is InChI=1S/C7H7O.3C4H4F5.Sn/c8-6-7-4-2-1-3-5-7;3*5-3(6)1-2-4(7,8)9;/h1-5H,6H2;3*1-2H2;/q-1;;;;+1. The van der Waals surface area contributed by atoms with Crippen molar-refractivity contribution in [2.45, 2.75) is 75.5 Å². The molecule has 0 aromatic heterocycles. The second kappa shape index (κ2) is 11.4. The molecule has 0 bridgehead atoms. The zero-order chi connectivity index (χ0) is 28.3. The number of rotatable bonds is 12. The van der Waals surface area contributed by atoms with E-state index in [9.17, 15) is 39.5 Å². The van der Waals surface area contributed by atoms with Gasteiger partial charge in [0.15, 0.2) is 0 Å². The second-order valence-electron chi connectivity index (χ2n) is 7.91. The Morgan fingerprint density at radius 3 is 1.06 bits per heavy atom. The van der Waals surface area contributed by atoms with Gasteiger partial charge in [-0.2, -0.15) is 0 Å². The Morgan fingerprint density at radius 1 is 0.472 bits per heavy atom. The zero-order valence-corrected chi connectivity index (χ0v) is 20.8. The number of benzene rings is 1. The van der Waals surface area contributed by atoms with Crippen LogP contribution in [0.15, 0.2) is 30.3 Å². The summed E-state index contributed by atoms with van der Waals surface area (Å²) in [6.07, 6.45) is -32.5. The Bertz CT molecular complexity index is 741. The van der Waals surface area contributed by atoms with Gasteiger partial charge in [0.2, 0.25) is 0 Å². The molecule has 0 saturated carbocycles. The van der Waals surface area contributed by atoms with Gasteiger partial charge in [0, 0.05) is 0 Å². The molecule has 1 aromatic rings. The van der Waals surface area contributed by atoms with Crippen LogP contribution in [-0.4, -0.2) is 49.1 Å². The van der Waals surface area contributed by atoms with E-state index in [1.807, 2.05) is 0 Å². The van der Waals surface area contributed by atoms with E-state index in [-0.39, 0.29) is 5.56 Å². The Labute approximate surface area is 199 Å². The fourth-order valence-electron chi connectivity index (χ4n) is 3.31. The molecule has 1 nitrogen and oxygen atoms in total. The van der Waals surface area contributed by atoms with Crippen LogP contribution in [0.5, 0.6) is 0 Å². The molecule has 0 atom stereocenters. The van der Waals surface area contributed by atoms with Crippen molar-refractivity contribution in [3.63, 3.8) is 0 Å². The molecule has 0 N–H and O–H groups in total. The molecule has 0 heterocycles. The summed E-state index contributed by atoms with van der Waals surface area (Å²) in [5.74, 6) is 0. The molecular weight excluding hydrogens is 648 g/mol. The Kier molecular flexibility index (Phi) is 10.4. The second-order valence-corrected chi connectivity index (χ2v) is 18.9. The van der Waals surface area contributed by atoms with Gasteiger partial charge >= 0.3 is 199 Å². The first-order valence-corrected chi connectivity index (χ1v) is 15.4. The van der Waals surface area contributed by atoms with Crippen LogP contribution in [0.25, 0.3) is 0 Å². The zero-order valence-electron chi connectivity index (χ0n) is 17.9. The van der Waals surface area contributed by atoms with Crippen molar-refractivity contribution in [2.75, 3.05) is 0 Å². The number of alkyl halides is 15. The van der Waals surface area contributed by atoms with Gasteiger partial charge in [-0.05, 0) is 0 Å². The van der Waals surface area contributed by atoms with Crippen molar-refractivity contribution in [3.05, 3.63) is 35.9 Å². The van der Waals surface area contributed by atoms with Crippen molar-refractivity contribution in [1.29, 1.82) is 0 Å². The van der Waals surface area contributed by atoms with Crippen molar-refractivity contribution in [1.82, 2.24) is 0 Å². The summed E-state index contributed by atoms with van der Waals surface area (Å²) in [5, 5.41) is 0. The molecule has 0 fully saturated rings. The average molecular weight is 667 g/mol. The minimum atomic E-state index is -9.07. The van der Waals surface area contributed by atoms with Crippen LogP contribution in [0, 0.1) is 0 Å². The van der Waals surface area contributed by atoms with Gasteiger partial charge in [-0.3, -0.25) is 0 Å².